The van der Waals surface area contributed by atoms with Crippen molar-refractivity contribution >= 4 is 0 Å². The summed E-state index contributed by atoms with van der Waals surface area (Å²) in [6.45, 7) is 3.38. The molecule has 1 aromatic heterocycles. The Morgan fingerprint density at radius 3 is 2.19 bits per heavy atom. The Kier molecular flexibility index (Phi) is 3.84. The molecule has 3 nitrogen and oxygen atoms in total. The molecule has 0 amide bonds. The fraction of sp³-hybridized carbons (Fsp3) is 0.167. The smallest absolute Gasteiger partial charge is 0.122 e. The molecule has 3 aromatic rings. The molecule has 1 heterocycles. The second-order valence-electron chi connectivity index (χ2n) is 5.24. The van der Waals surface area contributed by atoms with Crippen molar-refractivity contribution in [3.8, 4) is 11.1 Å². The van der Waals surface area contributed by atoms with Crippen LogP contribution in [0.2, 0.25) is 0 Å². The highest BCUT2D eigenvalue weighted by Crippen LogP contribution is 2.20. The van der Waals surface area contributed by atoms with Gasteiger partial charge in [-0.1, -0.05) is 54.1 Å². The number of nitrogens with zero attached hydrogens (tertiary/aromatic N) is 2. The van der Waals surface area contributed by atoms with Crippen molar-refractivity contribution in [3.05, 3.63) is 77.9 Å². The minimum Gasteiger partial charge on any atom is -0.329 e. The first kappa shape index (κ1) is 13.6. The molecule has 3 rings (SSSR count). The van der Waals surface area contributed by atoms with E-state index in [9.17, 15) is 0 Å². The summed E-state index contributed by atoms with van der Waals surface area (Å²) in [6.07, 6.45) is 3.76. The van der Waals surface area contributed by atoms with E-state index in [1.54, 1.807) is 6.20 Å². The van der Waals surface area contributed by atoms with E-state index in [-0.39, 0.29) is 0 Å². The third-order valence-electron chi connectivity index (χ3n) is 3.68. The van der Waals surface area contributed by atoms with E-state index in [4.69, 9.17) is 5.73 Å². The van der Waals surface area contributed by atoms with Gasteiger partial charge in [0.1, 0.15) is 5.82 Å². The molecule has 0 saturated heterocycles. The van der Waals surface area contributed by atoms with Crippen molar-refractivity contribution in [2.45, 2.75) is 20.0 Å². The van der Waals surface area contributed by atoms with Crippen LogP contribution in [0.5, 0.6) is 0 Å². The van der Waals surface area contributed by atoms with Crippen LogP contribution >= 0.6 is 0 Å². The van der Waals surface area contributed by atoms with Gasteiger partial charge in [0.25, 0.3) is 0 Å². The van der Waals surface area contributed by atoms with E-state index in [1.165, 1.54) is 22.3 Å². The molecule has 0 bridgehead atoms. The zero-order valence-corrected chi connectivity index (χ0v) is 12.2. The number of hydrogen-bond donors (Lipinski definition) is 1. The van der Waals surface area contributed by atoms with Gasteiger partial charge in [-0.15, -0.1) is 0 Å². The molecular formula is C18H19N3. The van der Waals surface area contributed by atoms with Crippen LogP contribution in [0.4, 0.5) is 0 Å². The van der Waals surface area contributed by atoms with Crippen molar-refractivity contribution in [1.29, 1.82) is 0 Å². The van der Waals surface area contributed by atoms with Gasteiger partial charge in [-0.3, -0.25) is 0 Å². The summed E-state index contributed by atoms with van der Waals surface area (Å²) in [7, 11) is 0. The number of benzene rings is 2. The average molecular weight is 277 g/mol. The Bertz CT molecular complexity index is 709. The maximum atomic E-state index is 5.68. The molecule has 2 aromatic carbocycles. The van der Waals surface area contributed by atoms with Gasteiger partial charge in [0, 0.05) is 18.9 Å². The zero-order valence-electron chi connectivity index (χ0n) is 12.2. The van der Waals surface area contributed by atoms with Crippen LogP contribution < -0.4 is 5.73 Å². The molecule has 0 radical (unpaired) electrons. The molecule has 3 heteroatoms. The van der Waals surface area contributed by atoms with E-state index >= 15 is 0 Å². The van der Waals surface area contributed by atoms with Gasteiger partial charge in [-0.05, 0) is 23.6 Å². The van der Waals surface area contributed by atoms with Gasteiger partial charge < -0.3 is 10.3 Å². The number of aromatic nitrogens is 2. The minimum absolute atomic E-state index is 0.467. The van der Waals surface area contributed by atoms with E-state index in [0.717, 1.165) is 12.4 Å². The second kappa shape index (κ2) is 5.94. The van der Waals surface area contributed by atoms with Crippen molar-refractivity contribution in [2.24, 2.45) is 5.73 Å². The Labute approximate surface area is 125 Å². The Morgan fingerprint density at radius 2 is 1.57 bits per heavy atom. The first-order valence-electron chi connectivity index (χ1n) is 7.12. The van der Waals surface area contributed by atoms with Crippen molar-refractivity contribution < 1.29 is 0 Å². The Balaban J connectivity index is 1.79. The highest BCUT2D eigenvalue weighted by molar-refractivity contribution is 5.63. The van der Waals surface area contributed by atoms with Crippen molar-refractivity contribution in [3.63, 3.8) is 0 Å². The molecule has 0 unspecified atom stereocenters. The molecule has 2 N–H and O–H groups in total. The Morgan fingerprint density at radius 1 is 0.952 bits per heavy atom. The van der Waals surface area contributed by atoms with Crippen LogP contribution in [0.25, 0.3) is 11.1 Å². The summed E-state index contributed by atoms with van der Waals surface area (Å²) in [5.74, 6) is 0.914. The molecule has 0 saturated carbocycles. The number of aryl methyl sites for hydroxylation is 1. The fourth-order valence-corrected chi connectivity index (χ4v) is 2.42. The van der Waals surface area contributed by atoms with Gasteiger partial charge in [0.2, 0.25) is 0 Å². The maximum absolute atomic E-state index is 5.68. The standard InChI is InChI=1S/C18H19N3/c1-14-2-6-16(7-3-14)17-8-4-15(5-9-17)13-21-11-10-20-18(21)12-19/h2-11H,12-13,19H2,1H3. The molecule has 0 fully saturated rings. The molecule has 0 aliphatic rings. The van der Waals surface area contributed by atoms with Crippen molar-refractivity contribution in [1.82, 2.24) is 9.55 Å². The first-order valence-corrected chi connectivity index (χ1v) is 7.12. The lowest BCUT2D eigenvalue weighted by molar-refractivity contribution is 0.724. The summed E-state index contributed by atoms with van der Waals surface area (Å²) < 4.78 is 2.08. The van der Waals surface area contributed by atoms with Gasteiger partial charge >= 0.3 is 0 Å². The number of nitrogens with two attached hydrogens (primary N) is 1. The lowest BCUT2D eigenvalue weighted by Crippen LogP contribution is -2.08. The normalized spacial score (nSPS) is 10.8. The van der Waals surface area contributed by atoms with E-state index in [1.807, 2.05) is 6.20 Å². The quantitative estimate of drug-likeness (QED) is 0.794. The van der Waals surface area contributed by atoms with Crippen LogP contribution in [-0.4, -0.2) is 9.55 Å². The van der Waals surface area contributed by atoms with Crippen LogP contribution in [0.15, 0.2) is 60.9 Å². The van der Waals surface area contributed by atoms with E-state index < -0.39 is 0 Å². The predicted molar refractivity (Wildman–Crippen MR) is 85.8 cm³/mol. The molecule has 0 atom stereocenters. The highest BCUT2D eigenvalue weighted by Gasteiger charge is 2.02. The predicted octanol–water partition coefficient (Wildman–Crippen LogP) is 3.37. The zero-order chi connectivity index (χ0) is 14.7. The molecule has 0 aliphatic carbocycles. The lowest BCUT2D eigenvalue weighted by atomic mass is 10.0. The summed E-state index contributed by atoms with van der Waals surface area (Å²) in [6, 6.07) is 17.3. The van der Waals surface area contributed by atoms with Crippen LogP contribution in [0.1, 0.15) is 17.0 Å². The average Bonchev–Trinajstić information content (AvgIpc) is 2.96. The van der Waals surface area contributed by atoms with Crippen LogP contribution in [0.3, 0.4) is 0 Å². The summed E-state index contributed by atoms with van der Waals surface area (Å²) >= 11 is 0. The number of hydrogen-bond acceptors (Lipinski definition) is 2. The molecule has 21 heavy (non-hydrogen) atoms. The van der Waals surface area contributed by atoms with E-state index in [0.29, 0.717) is 6.54 Å². The van der Waals surface area contributed by atoms with Gasteiger partial charge in [0.05, 0.1) is 6.54 Å². The fourth-order valence-electron chi connectivity index (χ4n) is 2.42. The van der Waals surface area contributed by atoms with Crippen LogP contribution in [0, 0.1) is 6.92 Å². The SMILES string of the molecule is Cc1ccc(-c2ccc(Cn3ccnc3CN)cc2)cc1. The molecular weight excluding hydrogens is 258 g/mol. The lowest BCUT2D eigenvalue weighted by Gasteiger charge is -2.08. The van der Waals surface area contributed by atoms with Gasteiger partial charge in [-0.2, -0.15) is 0 Å². The van der Waals surface area contributed by atoms with E-state index in [2.05, 4.69) is 65.0 Å². The number of imidazole rings is 1. The monoisotopic (exact) mass is 277 g/mol. The molecule has 106 valence electrons. The Hall–Kier alpha value is -2.39. The number of rotatable bonds is 4. The van der Waals surface area contributed by atoms with Crippen molar-refractivity contribution in [2.75, 3.05) is 0 Å². The molecule has 0 spiro atoms. The first-order chi connectivity index (χ1) is 10.3. The summed E-state index contributed by atoms with van der Waals surface area (Å²) in [5.41, 5.74) is 10.7. The van der Waals surface area contributed by atoms with Gasteiger partial charge in [-0.25, -0.2) is 4.98 Å². The highest BCUT2D eigenvalue weighted by atomic mass is 15.1. The summed E-state index contributed by atoms with van der Waals surface area (Å²) in [5, 5.41) is 0. The minimum atomic E-state index is 0.467. The third kappa shape index (κ3) is 3.03. The van der Waals surface area contributed by atoms with Crippen LogP contribution in [-0.2, 0) is 13.1 Å². The second-order valence-corrected chi connectivity index (χ2v) is 5.24. The third-order valence-corrected chi connectivity index (χ3v) is 3.68. The van der Waals surface area contributed by atoms with Gasteiger partial charge in [0.15, 0.2) is 0 Å². The largest absolute Gasteiger partial charge is 0.329 e. The maximum Gasteiger partial charge on any atom is 0.122 e. The molecule has 0 aliphatic heterocycles. The topological polar surface area (TPSA) is 43.8 Å². The summed E-state index contributed by atoms with van der Waals surface area (Å²) in [4.78, 5) is 4.24.